The average molecular weight is 257 g/mol. The van der Waals surface area contributed by atoms with Crippen molar-refractivity contribution in [1.82, 2.24) is 15.0 Å². The highest BCUT2D eigenvalue weighted by Gasteiger charge is 2.14. The van der Waals surface area contributed by atoms with E-state index in [1.54, 1.807) is 18.2 Å². The first-order valence-corrected chi connectivity index (χ1v) is 5.31. The van der Waals surface area contributed by atoms with Crippen LogP contribution in [0.15, 0.2) is 40.0 Å². The Hall–Kier alpha value is -2.96. The molecule has 0 radical (unpaired) electrons. The van der Waals surface area contributed by atoms with Gasteiger partial charge in [0.15, 0.2) is 12.0 Å². The van der Waals surface area contributed by atoms with Gasteiger partial charge in [-0.1, -0.05) is 6.07 Å². The number of aromatic amines is 1. The number of aromatic carboxylic acids is 1. The van der Waals surface area contributed by atoms with Gasteiger partial charge < -0.3 is 14.5 Å². The van der Waals surface area contributed by atoms with Gasteiger partial charge in [-0.3, -0.25) is 0 Å². The molecule has 19 heavy (non-hydrogen) atoms. The van der Waals surface area contributed by atoms with E-state index in [1.807, 2.05) is 0 Å². The van der Waals surface area contributed by atoms with Crippen LogP contribution in [0.4, 0.5) is 0 Å². The summed E-state index contributed by atoms with van der Waals surface area (Å²) >= 11 is 0. The van der Waals surface area contributed by atoms with Crippen LogP contribution in [0.3, 0.4) is 0 Å². The van der Waals surface area contributed by atoms with Gasteiger partial charge in [-0.15, -0.1) is 0 Å². The van der Waals surface area contributed by atoms with E-state index in [0.717, 1.165) is 6.20 Å². The number of fused-ring (bicyclic) bond motifs is 1. The van der Waals surface area contributed by atoms with Crippen molar-refractivity contribution in [2.24, 2.45) is 0 Å². The number of benzene rings is 1. The Bertz CT molecular complexity index is 834. The molecule has 0 saturated carbocycles. The normalized spacial score (nSPS) is 10.7. The number of oxazole rings is 1. The number of hydrogen-bond donors (Lipinski definition) is 2. The van der Waals surface area contributed by atoms with Crippen LogP contribution < -0.4 is 5.69 Å². The second-order valence-electron chi connectivity index (χ2n) is 3.82. The fourth-order valence-electron chi connectivity index (χ4n) is 1.79. The summed E-state index contributed by atoms with van der Waals surface area (Å²) in [5.41, 5.74) is 1.16. The number of hydrogen-bond acceptors (Lipinski definition) is 5. The molecule has 2 N–H and O–H groups in total. The Morgan fingerprint density at radius 2 is 2.16 bits per heavy atom. The minimum absolute atomic E-state index is 0.0848. The highest BCUT2D eigenvalue weighted by atomic mass is 16.4. The lowest BCUT2D eigenvalue weighted by atomic mass is 10.1. The van der Waals surface area contributed by atoms with Crippen LogP contribution in [-0.4, -0.2) is 26.0 Å². The summed E-state index contributed by atoms with van der Waals surface area (Å²) in [6.45, 7) is 0. The van der Waals surface area contributed by atoms with Crippen LogP contribution in [0.25, 0.3) is 22.4 Å². The van der Waals surface area contributed by atoms with Gasteiger partial charge in [-0.05, 0) is 12.1 Å². The van der Waals surface area contributed by atoms with Gasteiger partial charge in [-0.2, -0.15) is 0 Å². The molecule has 94 valence electrons. The van der Waals surface area contributed by atoms with Crippen molar-refractivity contribution in [2.45, 2.75) is 0 Å². The smallest absolute Gasteiger partial charge is 0.345 e. The molecule has 7 nitrogen and oxygen atoms in total. The molecule has 3 aromatic rings. The molecule has 0 amide bonds. The number of carboxylic acids is 1. The molecule has 0 aliphatic rings. The summed E-state index contributed by atoms with van der Waals surface area (Å²) in [5, 5.41) is 9.09. The highest BCUT2D eigenvalue weighted by Crippen LogP contribution is 2.24. The quantitative estimate of drug-likeness (QED) is 0.715. The summed E-state index contributed by atoms with van der Waals surface area (Å²) in [7, 11) is 0. The van der Waals surface area contributed by atoms with Crippen LogP contribution in [0.1, 0.15) is 10.4 Å². The molecule has 3 rings (SSSR count). The van der Waals surface area contributed by atoms with Crippen molar-refractivity contribution in [3.05, 3.63) is 46.8 Å². The molecule has 2 aromatic heterocycles. The number of aromatic nitrogens is 3. The van der Waals surface area contributed by atoms with E-state index in [1.165, 1.54) is 6.39 Å². The van der Waals surface area contributed by atoms with Gasteiger partial charge in [0.25, 0.3) is 0 Å². The lowest BCUT2D eigenvalue weighted by molar-refractivity contribution is 0.0697. The van der Waals surface area contributed by atoms with Crippen molar-refractivity contribution in [1.29, 1.82) is 0 Å². The Morgan fingerprint density at radius 3 is 2.95 bits per heavy atom. The summed E-state index contributed by atoms with van der Waals surface area (Å²) < 4.78 is 5.14. The molecule has 0 aliphatic heterocycles. The van der Waals surface area contributed by atoms with Crippen LogP contribution in [0.2, 0.25) is 0 Å². The summed E-state index contributed by atoms with van der Waals surface area (Å²) in [4.78, 5) is 32.2. The van der Waals surface area contributed by atoms with Crippen LogP contribution >= 0.6 is 0 Å². The van der Waals surface area contributed by atoms with E-state index in [2.05, 4.69) is 15.0 Å². The molecule has 2 heterocycles. The molecule has 1 aromatic carbocycles. The average Bonchev–Trinajstić information content (AvgIpc) is 2.85. The van der Waals surface area contributed by atoms with E-state index in [-0.39, 0.29) is 11.3 Å². The molecule has 0 fully saturated rings. The van der Waals surface area contributed by atoms with E-state index in [9.17, 15) is 9.59 Å². The van der Waals surface area contributed by atoms with Crippen molar-refractivity contribution in [3.63, 3.8) is 0 Å². The molecular weight excluding hydrogens is 250 g/mol. The van der Waals surface area contributed by atoms with Crippen LogP contribution in [-0.2, 0) is 0 Å². The molecule has 0 aliphatic carbocycles. The number of nitrogens with one attached hydrogen (secondary N) is 1. The standard InChI is InChI=1S/C12H7N3O4/c16-11(17)7-4-13-12(18)15-10(7)6-1-2-8-9(3-6)19-5-14-8/h1-5H,(H,16,17)(H,13,15,18). The molecule has 7 heteroatoms. The first-order valence-electron chi connectivity index (χ1n) is 5.31. The zero-order valence-corrected chi connectivity index (χ0v) is 9.45. The maximum absolute atomic E-state index is 11.3. The third-order valence-electron chi connectivity index (χ3n) is 2.66. The summed E-state index contributed by atoms with van der Waals surface area (Å²) in [6, 6.07) is 4.95. The fraction of sp³-hybridized carbons (Fsp3) is 0. The van der Waals surface area contributed by atoms with Crippen molar-refractivity contribution in [2.75, 3.05) is 0 Å². The monoisotopic (exact) mass is 257 g/mol. The first-order chi connectivity index (χ1) is 9.15. The maximum atomic E-state index is 11.3. The van der Waals surface area contributed by atoms with Crippen molar-refractivity contribution >= 4 is 17.1 Å². The third kappa shape index (κ3) is 1.86. The van der Waals surface area contributed by atoms with Crippen LogP contribution in [0.5, 0.6) is 0 Å². The Morgan fingerprint density at radius 1 is 1.32 bits per heavy atom. The van der Waals surface area contributed by atoms with E-state index in [4.69, 9.17) is 9.52 Å². The SMILES string of the molecule is O=C(O)c1cnc(=O)[nH]c1-c1ccc2ncoc2c1. The minimum atomic E-state index is -1.17. The van der Waals surface area contributed by atoms with Gasteiger partial charge in [0, 0.05) is 11.8 Å². The lowest BCUT2D eigenvalue weighted by Gasteiger charge is -2.04. The van der Waals surface area contributed by atoms with E-state index in [0.29, 0.717) is 16.7 Å². The zero-order valence-electron chi connectivity index (χ0n) is 9.45. The fourth-order valence-corrected chi connectivity index (χ4v) is 1.79. The highest BCUT2D eigenvalue weighted by molar-refractivity contribution is 5.95. The molecule has 0 atom stereocenters. The summed E-state index contributed by atoms with van der Waals surface area (Å²) in [5.74, 6) is -1.17. The van der Waals surface area contributed by atoms with Gasteiger partial charge in [-0.25, -0.2) is 19.6 Å². The second kappa shape index (κ2) is 4.05. The number of carbonyl (C=O) groups is 1. The van der Waals surface area contributed by atoms with Gasteiger partial charge >= 0.3 is 11.7 Å². The molecule has 0 saturated heterocycles. The Balaban J connectivity index is 2.27. The molecule has 0 bridgehead atoms. The largest absolute Gasteiger partial charge is 0.478 e. The molecular formula is C12H7N3O4. The van der Waals surface area contributed by atoms with Crippen molar-refractivity contribution < 1.29 is 14.3 Å². The van der Waals surface area contributed by atoms with E-state index >= 15 is 0 Å². The first kappa shape index (κ1) is 11.1. The Labute approximate surface area is 105 Å². The lowest BCUT2D eigenvalue weighted by Crippen LogP contribution is -2.14. The van der Waals surface area contributed by atoms with E-state index < -0.39 is 11.7 Å². The van der Waals surface area contributed by atoms with Gasteiger partial charge in [0.05, 0.1) is 5.69 Å². The number of H-pyrrole nitrogens is 1. The van der Waals surface area contributed by atoms with Gasteiger partial charge in [0.1, 0.15) is 11.1 Å². The predicted octanol–water partition coefficient (Wildman–Crippen LogP) is 1.28. The predicted molar refractivity (Wildman–Crippen MR) is 64.8 cm³/mol. The summed E-state index contributed by atoms with van der Waals surface area (Å²) in [6.07, 6.45) is 2.32. The Kier molecular flexibility index (Phi) is 2.38. The third-order valence-corrected chi connectivity index (χ3v) is 2.66. The molecule has 0 spiro atoms. The van der Waals surface area contributed by atoms with Crippen LogP contribution in [0, 0.1) is 0 Å². The number of nitrogens with zero attached hydrogens (tertiary/aromatic N) is 2. The number of carboxylic acid groups (broad SMARTS) is 1. The van der Waals surface area contributed by atoms with Gasteiger partial charge in [0.2, 0.25) is 0 Å². The minimum Gasteiger partial charge on any atom is -0.478 e. The second-order valence-corrected chi connectivity index (χ2v) is 3.82. The maximum Gasteiger partial charge on any atom is 0.345 e. The zero-order chi connectivity index (χ0) is 13.4. The molecule has 0 unspecified atom stereocenters. The topological polar surface area (TPSA) is 109 Å². The van der Waals surface area contributed by atoms with Crippen molar-refractivity contribution in [3.8, 4) is 11.3 Å². The number of rotatable bonds is 2.